The molecule has 0 aliphatic heterocycles. The van der Waals surface area contributed by atoms with Crippen molar-refractivity contribution in [1.29, 1.82) is 0 Å². The number of fused-ring (bicyclic) bond motifs is 1. The number of hydrogen-bond donors (Lipinski definition) is 0. The van der Waals surface area contributed by atoms with Gasteiger partial charge in [0.05, 0.1) is 27.2 Å². The maximum Gasteiger partial charge on any atom is 0.261 e. The average molecular weight is 465 g/mol. The van der Waals surface area contributed by atoms with E-state index in [1.54, 1.807) is 23.1 Å². The second-order valence-electron chi connectivity index (χ2n) is 7.99. The number of carbonyl (C=O) groups is 1. The van der Waals surface area contributed by atoms with E-state index >= 15 is 0 Å². The van der Waals surface area contributed by atoms with Gasteiger partial charge in [0.25, 0.3) is 5.91 Å². The molecule has 4 aromatic rings. The number of anilines is 1. The summed E-state index contributed by atoms with van der Waals surface area (Å²) in [5, 5.41) is 0.547. The van der Waals surface area contributed by atoms with Gasteiger partial charge in [0.15, 0.2) is 15.0 Å². The molecule has 1 aromatic heterocycles. The van der Waals surface area contributed by atoms with Crippen LogP contribution >= 0.6 is 11.3 Å². The number of hydrogen-bond acceptors (Lipinski definition) is 5. The van der Waals surface area contributed by atoms with Gasteiger partial charge >= 0.3 is 0 Å². The first kappa shape index (κ1) is 22.2. The highest BCUT2D eigenvalue weighted by Gasteiger charge is 2.27. The van der Waals surface area contributed by atoms with Crippen LogP contribution in [-0.4, -0.2) is 25.6 Å². The summed E-state index contributed by atoms with van der Waals surface area (Å²) >= 11 is 1.44. The van der Waals surface area contributed by atoms with E-state index in [9.17, 15) is 13.2 Å². The maximum atomic E-state index is 13.7. The average Bonchev–Trinajstić information content (AvgIpc) is 3.21. The molecule has 0 saturated heterocycles. The van der Waals surface area contributed by atoms with Gasteiger partial charge in [0.2, 0.25) is 0 Å². The fourth-order valence-corrected chi connectivity index (χ4v) is 5.52. The molecule has 0 fully saturated rings. The third kappa shape index (κ3) is 4.45. The fraction of sp³-hybridized carbons (Fsp3) is 0.200. The smallest absolute Gasteiger partial charge is 0.261 e. The summed E-state index contributed by atoms with van der Waals surface area (Å²) in [6.07, 6.45) is 1.12. The van der Waals surface area contributed by atoms with Gasteiger partial charge in [-0.05, 0) is 35.2 Å². The van der Waals surface area contributed by atoms with Gasteiger partial charge in [0.1, 0.15) is 0 Å². The van der Waals surface area contributed by atoms with E-state index in [-0.39, 0.29) is 28.8 Å². The Morgan fingerprint density at radius 1 is 0.969 bits per heavy atom. The van der Waals surface area contributed by atoms with Crippen LogP contribution in [0.1, 0.15) is 41.3 Å². The van der Waals surface area contributed by atoms with Gasteiger partial charge in [-0.25, -0.2) is 13.4 Å². The van der Waals surface area contributed by atoms with Gasteiger partial charge in [-0.2, -0.15) is 0 Å². The Morgan fingerprint density at radius 3 is 2.34 bits per heavy atom. The summed E-state index contributed by atoms with van der Waals surface area (Å²) < 4.78 is 25.7. The number of carbonyl (C=O) groups excluding carboxylic acids is 1. The van der Waals surface area contributed by atoms with Crippen molar-refractivity contribution in [2.75, 3.05) is 11.2 Å². The SMILES string of the molecule is CC(C)c1cccc2sc(N(Cc3ccccc3)C(=O)c3ccccc3S(C)(=O)=O)nc12. The van der Waals surface area contributed by atoms with Gasteiger partial charge in [-0.1, -0.05) is 79.8 Å². The quantitative estimate of drug-likeness (QED) is 0.369. The molecule has 164 valence electrons. The number of thiazole rings is 1. The minimum absolute atomic E-state index is 0.0204. The molecule has 0 radical (unpaired) electrons. The molecular weight excluding hydrogens is 440 g/mol. The van der Waals surface area contributed by atoms with Gasteiger partial charge in [0, 0.05) is 6.26 Å². The van der Waals surface area contributed by atoms with Crippen LogP contribution in [0.15, 0.2) is 77.7 Å². The van der Waals surface area contributed by atoms with Crippen molar-refractivity contribution >= 4 is 42.4 Å². The Balaban J connectivity index is 1.87. The standard InChI is InChI=1S/C25H24N2O3S2/c1-17(2)19-13-9-14-21-23(19)26-25(31-21)27(16-18-10-5-4-6-11-18)24(28)20-12-7-8-15-22(20)32(3,29)30/h4-15,17H,16H2,1-3H3. The van der Waals surface area contributed by atoms with Crippen molar-refractivity contribution in [2.45, 2.75) is 31.2 Å². The zero-order valence-electron chi connectivity index (χ0n) is 18.1. The molecule has 5 nitrogen and oxygen atoms in total. The van der Waals surface area contributed by atoms with Crippen molar-refractivity contribution < 1.29 is 13.2 Å². The summed E-state index contributed by atoms with van der Waals surface area (Å²) in [6.45, 7) is 4.51. The Morgan fingerprint density at radius 2 is 1.66 bits per heavy atom. The monoisotopic (exact) mass is 464 g/mol. The van der Waals surface area contributed by atoms with E-state index < -0.39 is 9.84 Å². The highest BCUT2D eigenvalue weighted by Crippen LogP contribution is 2.35. The molecule has 0 bridgehead atoms. The van der Waals surface area contributed by atoms with E-state index in [4.69, 9.17) is 4.98 Å². The lowest BCUT2D eigenvalue weighted by atomic mass is 10.0. The number of sulfone groups is 1. The molecule has 0 unspecified atom stereocenters. The lowest BCUT2D eigenvalue weighted by Crippen LogP contribution is -2.31. The van der Waals surface area contributed by atoms with Crippen LogP contribution in [0.5, 0.6) is 0 Å². The summed E-state index contributed by atoms with van der Waals surface area (Å²) in [5.74, 6) is -0.0992. The Labute approximate surface area is 192 Å². The first-order valence-electron chi connectivity index (χ1n) is 10.3. The number of nitrogens with zero attached hydrogens (tertiary/aromatic N) is 2. The van der Waals surface area contributed by atoms with Crippen LogP contribution < -0.4 is 4.90 Å². The second-order valence-corrected chi connectivity index (χ2v) is 11.0. The zero-order valence-corrected chi connectivity index (χ0v) is 19.8. The summed E-state index contributed by atoms with van der Waals surface area (Å²) in [5.41, 5.74) is 3.08. The molecule has 7 heteroatoms. The molecule has 4 rings (SSSR count). The first-order valence-corrected chi connectivity index (χ1v) is 13.0. The first-order chi connectivity index (χ1) is 15.3. The van der Waals surface area contributed by atoms with Gasteiger partial charge in [-0.3, -0.25) is 9.69 Å². The van der Waals surface area contributed by atoms with Gasteiger partial charge in [-0.15, -0.1) is 0 Å². The molecular formula is C25H24N2O3S2. The number of aromatic nitrogens is 1. The van der Waals surface area contributed by atoms with E-state index in [0.717, 1.165) is 27.6 Å². The molecule has 1 heterocycles. The van der Waals surface area contributed by atoms with Crippen molar-refractivity contribution in [3.63, 3.8) is 0 Å². The Kier molecular flexibility index (Phi) is 6.13. The van der Waals surface area contributed by atoms with E-state index in [1.807, 2.05) is 42.5 Å². The third-order valence-electron chi connectivity index (χ3n) is 5.24. The molecule has 0 N–H and O–H groups in total. The topological polar surface area (TPSA) is 67.3 Å². The Hall–Kier alpha value is -3.03. The van der Waals surface area contributed by atoms with Crippen molar-refractivity contribution in [3.05, 3.63) is 89.5 Å². The van der Waals surface area contributed by atoms with Crippen LogP contribution in [0.2, 0.25) is 0 Å². The summed E-state index contributed by atoms with van der Waals surface area (Å²) in [7, 11) is -3.57. The summed E-state index contributed by atoms with van der Waals surface area (Å²) in [6, 6.07) is 22.0. The molecule has 0 saturated carbocycles. The van der Waals surface area contributed by atoms with Crippen molar-refractivity contribution in [2.24, 2.45) is 0 Å². The molecule has 3 aromatic carbocycles. The lowest BCUT2D eigenvalue weighted by Gasteiger charge is -2.21. The molecule has 32 heavy (non-hydrogen) atoms. The summed E-state index contributed by atoms with van der Waals surface area (Å²) in [4.78, 5) is 20.2. The minimum Gasteiger partial charge on any atom is -0.279 e. The van der Waals surface area contributed by atoms with Crippen LogP contribution in [0, 0.1) is 0 Å². The number of rotatable bonds is 6. The van der Waals surface area contributed by atoms with Gasteiger partial charge < -0.3 is 0 Å². The highest BCUT2D eigenvalue weighted by molar-refractivity contribution is 7.90. The Bertz CT molecular complexity index is 1380. The van der Waals surface area contributed by atoms with Crippen LogP contribution in [-0.2, 0) is 16.4 Å². The third-order valence-corrected chi connectivity index (χ3v) is 7.44. The molecule has 0 spiro atoms. The van der Waals surface area contributed by atoms with Crippen molar-refractivity contribution in [1.82, 2.24) is 4.98 Å². The zero-order chi connectivity index (χ0) is 22.9. The largest absolute Gasteiger partial charge is 0.279 e. The van der Waals surface area contributed by atoms with E-state index in [0.29, 0.717) is 5.13 Å². The van der Waals surface area contributed by atoms with E-state index in [1.165, 1.54) is 17.4 Å². The van der Waals surface area contributed by atoms with E-state index in [2.05, 4.69) is 19.9 Å². The normalized spacial score (nSPS) is 11.8. The van der Waals surface area contributed by atoms with Crippen molar-refractivity contribution in [3.8, 4) is 0 Å². The highest BCUT2D eigenvalue weighted by atomic mass is 32.2. The minimum atomic E-state index is -3.57. The molecule has 0 aliphatic rings. The van der Waals surface area contributed by atoms with Crippen LogP contribution in [0.3, 0.4) is 0 Å². The number of para-hydroxylation sites is 1. The number of amides is 1. The molecule has 1 amide bonds. The maximum absolute atomic E-state index is 13.7. The molecule has 0 atom stereocenters. The van der Waals surface area contributed by atoms with Crippen LogP contribution in [0.4, 0.5) is 5.13 Å². The lowest BCUT2D eigenvalue weighted by molar-refractivity contribution is 0.0982. The second kappa shape index (κ2) is 8.84. The number of benzene rings is 3. The fourth-order valence-electron chi connectivity index (χ4n) is 3.64. The predicted octanol–water partition coefficient (Wildman–Crippen LogP) is 5.67. The molecule has 0 aliphatic carbocycles. The van der Waals surface area contributed by atoms with Crippen LogP contribution in [0.25, 0.3) is 10.2 Å². The predicted molar refractivity (Wildman–Crippen MR) is 130 cm³/mol.